The van der Waals surface area contributed by atoms with Crippen molar-refractivity contribution in [2.24, 2.45) is 0 Å². The predicted octanol–water partition coefficient (Wildman–Crippen LogP) is 2.95. The van der Waals surface area contributed by atoms with Crippen LogP contribution in [0.5, 0.6) is 0 Å². The van der Waals surface area contributed by atoms with Gasteiger partial charge in [-0.1, -0.05) is 0 Å². The zero-order valence-electron chi connectivity index (χ0n) is 9.68. The lowest BCUT2D eigenvalue weighted by atomic mass is 10.3. The van der Waals surface area contributed by atoms with Crippen LogP contribution in [0.25, 0.3) is 0 Å². The minimum Gasteiger partial charge on any atom is -0.448 e. The van der Waals surface area contributed by atoms with Crippen LogP contribution in [0.2, 0.25) is 5.22 Å². The van der Waals surface area contributed by atoms with Crippen LogP contribution in [-0.4, -0.2) is 14.7 Å². The minimum atomic E-state index is -3.15. The topological polar surface area (TPSA) is 59.3 Å². The summed E-state index contributed by atoms with van der Waals surface area (Å²) in [6, 6.07) is 9.99. The molecule has 0 aliphatic rings. The molecule has 0 atom stereocenters. The molecule has 0 saturated carbocycles. The molecule has 6 heteroatoms. The molecule has 0 bridgehead atoms. The first-order valence-corrected chi connectivity index (χ1v) is 7.50. The lowest BCUT2D eigenvalue weighted by molar-refractivity contribution is 0.520. The quantitative estimate of drug-likeness (QED) is 0.938. The van der Waals surface area contributed by atoms with Crippen LogP contribution in [0, 0.1) is 0 Å². The summed E-state index contributed by atoms with van der Waals surface area (Å²) in [5.74, 6) is 0.715. The van der Waals surface area contributed by atoms with Crippen molar-refractivity contribution in [1.29, 1.82) is 0 Å². The summed E-state index contributed by atoms with van der Waals surface area (Å²) in [5, 5.41) is 3.45. The van der Waals surface area contributed by atoms with Gasteiger partial charge in [0.05, 0.1) is 11.4 Å². The second-order valence-corrected chi connectivity index (χ2v) is 6.24. The molecule has 0 fully saturated rings. The molecule has 1 aromatic carbocycles. The van der Waals surface area contributed by atoms with Crippen LogP contribution in [0.4, 0.5) is 5.69 Å². The van der Waals surface area contributed by atoms with E-state index >= 15 is 0 Å². The molecule has 18 heavy (non-hydrogen) atoms. The molecule has 0 spiro atoms. The number of anilines is 1. The Bertz CT molecular complexity index is 632. The van der Waals surface area contributed by atoms with Gasteiger partial charge in [-0.2, -0.15) is 0 Å². The Balaban J connectivity index is 2.03. The molecule has 1 N–H and O–H groups in total. The largest absolute Gasteiger partial charge is 0.448 e. The normalized spacial score (nSPS) is 11.4. The van der Waals surface area contributed by atoms with E-state index in [1.807, 2.05) is 0 Å². The lowest BCUT2D eigenvalue weighted by Gasteiger charge is -2.05. The summed E-state index contributed by atoms with van der Waals surface area (Å²) >= 11 is 5.65. The summed E-state index contributed by atoms with van der Waals surface area (Å²) in [4.78, 5) is 0.300. The molecular weight excluding hydrogens is 274 g/mol. The average Bonchev–Trinajstić information content (AvgIpc) is 2.72. The maximum Gasteiger partial charge on any atom is 0.193 e. The molecule has 0 saturated heterocycles. The van der Waals surface area contributed by atoms with Crippen molar-refractivity contribution >= 4 is 27.1 Å². The van der Waals surface area contributed by atoms with Gasteiger partial charge in [0.1, 0.15) is 5.76 Å². The standard InChI is InChI=1S/C12H12ClNO3S/c1-18(15,16)11-5-2-9(3-6-11)14-8-10-4-7-12(13)17-10/h2-7,14H,8H2,1H3. The van der Waals surface area contributed by atoms with E-state index in [9.17, 15) is 8.42 Å². The first kappa shape index (κ1) is 13.0. The van der Waals surface area contributed by atoms with Crippen LogP contribution in [-0.2, 0) is 16.4 Å². The Morgan fingerprint density at radius 3 is 2.33 bits per heavy atom. The fourth-order valence-electron chi connectivity index (χ4n) is 1.46. The van der Waals surface area contributed by atoms with E-state index in [2.05, 4.69) is 5.32 Å². The molecule has 0 unspecified atom stereocenters. The number of hydrogen-bond donors (Lipinski definition) is 1. The van der Waals surface area contributed by atoms with Crippen LogP contribution in [0.15, 0.2) is 45.7 Å². The molecule has 1 heterocycles. The average molecular weight is 286 g/mol. The Morgan fingerprint density at radius 1 is 1.17 bits per heavy atom. The number of furan rings is 1. The van der Waals surface area contributed by atoms with Crippen LogP contribution < -0.4 is 5.32 Å². The number of hydrogen-bond acceptors (Lipinski definition) is 4. The second kappa shape index (κ2) is 5.04. The zero-order chi connectivity index (χ0) is 13.2. The van der Waals surface area contributed by atoms with Crippen molar-refractivity contribution in [1.82, 2.24) is 0 Å². The third-order valence-corrected chi connectivity index (χ3v) is 3.71. The number of nitrogens with one attached hydrogen (secondary N) is 1. The summed E-state index contributed by atoms with van der Waals surface area (Å²) in [5.41, 5.74) is 0.815. The van der Waals surface area contributed by atoms with Gasteiger partial charge in [-0.25, -0.2) is 8.42 Å². The van der Waals surface area contributed by atoms with E-state index in [1.165, 1.54) is 6.26 Å². The van der Waals surface area contributed by atoms with Gasteiger partial charge in [0, 0.05) is 11.9 Å². The monoisotopic (exact) mass is 285 g/mol. The fourth-order valence-corrected chi connectivity index (χ4v) is 2.25. The smallest absolute Gasteiger partial charge is 0.193 e. The molecule has 4 nitrogen and oxygen atoms in total. The molecule has 2 rings (SSSR count). The van der Waals surface area contributed by atoms with Crippen molar-refractivity contribution in [3.63, 3.8) is 0 Å². The Morgan fingerprint density at radius 2 is 1.83 bits per heavy atom. The highest BCUT2D eigenvalue weighted by Crippen LogP contribution is 2.17. The van der Waals surface area contributed by atoms with Crippen molar-refractivity contribution < 1.29 is 12.8 Å². The van der Waals surface area contributed by atoms with Crippen LogP contribution >= 0.6 is 11.6 Å². The first-order chi connectivity index (χ1) is 8.45. The molecule has 0 radical (unpaired) electrons. The van der Waals surface area contributed by atoms with Crippen molar-refractivity contribution in [2.75, 3.05) is 11.6 Å². The summed E-state index contributed by atoms with van der Waals surface area (Å²) in [6.07, 6.45) is 1.18. The minimum absolute atomic E-state index is 0.300. The summed E-state index contributed by atoms with van der Waals surface area (Å²) < 4.78 is 27.7. The molecule has 0 amide bonds. The molecule has 2 aromatic rings. The maximum absolute atomic E-state index is 11.3. The van der Waals surface area contributed by atoms with Gasteiger partial charge >= 0.3 is 0 Å². The predicted molar refractivity (Wildman–Crippen MR) is 70.6 cm³/mol. The SMILES string of the molecule is CS(=O)(=O)c1ccc(NCc2ccc(Cl)o2)cc1. The Hall–Kier alpha value is -1.46. The van der Waals surface area contributed by atoms with Gasteiger partial charge in [-0.3, -0.25) is 0 Å². The van der Waals surface area contributed by atoms with Crippen molar-refractivity contribution in [2.45, 2.75) is 11.4 Å². The van der Waals surface area contributed by atoms with Gasteiger partial charge in [0.15, 0.2) is 15.1 Å². The highest BCUT2D eigenvalue weighted by molar-refractivity contribution is 7.90. The van der Waals surface area contributed by atoms with Crippen LogP contribution in [0.1, 0.15) is 5.76 Å². The molecule has 96 valence electrons. The maximum atomic E-state index is 11.3. The Kier molecular flexibility index (Phi) is 3.63. The zero-order valence-corrected chi connectivity index (χ0v) is 11.3. The number of halogens is 1. The van der Waals surface area contributed by atoms with Crippen molar-refractivity contribution in [3.8, 4) is 0 Å². The highest BCUT2D eigenvalue weighted by atomic mass is 35.5. The van der Waals surface area contributed by atoms with E-state index in [4.69, 9.17) is 16.0 Å². The molecule has 0 aliphatic carbocycles. The van der Waals surface area contributed by atoms with Crippen molar-refractivity contribution in [3.05, 3.63) is 47.4 Å². The third kappa shape index (κ3) is 3.27. The Labute approximate surface area is 110 Å². The third-order valence-electron chi connectivity index (χ3n) is 2.38. The van der Waals surface area contributed by atoms with E-state index in [1.54, 1.807) is 36.4 Å². The first-order valence-electron chi connectivity index (χ1n) is 5.23. The van der Waals surface area contributed by atoms with Gasteiger partial charge in [0.2, 0.25) is 0 Å². The second-order valence-electron chi connectivity index (χ2n) is 3.86. The van der Waals surface area contributed by atoms with E-state index in [-0.39, 0.29) is 0 Å². The van der Waals surface area contributed by atoms with Gasteiger partial charge < -0.3 is 9.73 Å². The fraction of sp³-hybridized carbons (Fsp3) is 0.167. The highest BCUT2D eigenvalue weighted by Gasteiger charge is 2.06. The number of sulfone groups is 1. The number of benzene rings is 1. The molecule has 0 aliphatic heterocycles. The summed E-state index contributed by atoms with van der Waals surface area (Å²) in [6.45, 7) is 0.491. The van der Waals surface area contributed by atoms with Gasteiger partial charge in [0.25, 0.3) is 0 Å². The van der Waals surface area contributed by atoms with E-state index in [0.29, 0.717) is 22.4 Å². The van der Waals surface area contributed by atoms with Gasteiger partial charge in [-0.15, -0.1) is 0 Å². The summed E-state index contributed by atoms with van der Waals surface area (Å²) in [7, 11) is -3.15. The van der Waals surface area contributed by atoms with E-state index in [0.717, 1.165) is 5.69 Å². The molecular formula is C12H12ClNO3S. The van der Waals surface area contributed by atoms with Crippen LogP contribution in [0.3, 0.4) is 0 Å². The lowest BCUT2D eigenvalue weighted by Crippen LogP contribution is -2.00. The van der Waals surface area contributed by atoms with Gasteiger partial charge in [-0.05, 0) is 48.0 Å². The number of rotatable bonds is 4. The van der Waals surface area contributed by atoms with E-state index < -0.39 is 9.84 Å². The molecule has 1 aromatic heterocycles.